The molecule has 0 saturated carbocycles. The minimum Gasteiger partial charge on any atom is -0.467 e. The van der Waals surface area contributed by atoms with Gasteiger partial charge < -0.3 is 4.74 Å². The van der Waals surface area contributed by atoms with E-state index in [2.05, 4.69) is 5.32 Å². The van der Waals surface area contributed by atoms with E-state index in [4.69, 9.17) is 4.74 Å². The van der Waals surface area contributed by atoms with Gasteiger partial charge in [0.05, 0.1) is 7.11 Å². The van der Waals surface area contributed by atoms with Gasteiger partial charge in [0.15, 0.2) is 0 Å². The number of hydrogen-bond donors (Lipinski definition) is 1. The van der Waals surface area contributed by atoms with Gasteiger partial charge in [-0.1, -0.05) is 12.1 Å². The fraction of sp³-hybridized carbons (Fsp3) is 0.417. The molecule has 3 nitrogen and oxygen atoms in total. The maximum Gasteiger partial charge on any atom is 0.330 e. The second kappa shape index (κ2) is 4.22. The van der Waals surface area contributed by atoms with E-state index in [1.165, 1.54) is 19.2 Å². The Morgan fingerprint density at radius 1 is 1.44 bits per heavy atom. The highest BCUT2D eigenvalue weighted by Gasteiger charge is 2.43. The fourth-order valence-corrected chi connectivity index (χ4v) is 2.19. The van der Waals surface area contributed by atoms with Crippen molar-refractivity contribution in [2.45, 2.75) is 18.4 Å². The monoisotopic (exact) mass is 223 g/mol. The number of hydrogen-bond acceptors (Lipinski definition) is 3. The number of ether oxygens (including phenoxy) is 1. The molecule has 1 aliphatic rings. The van der Waals surface area contributed by atoms with Gasteiger partial charge in [0.1, 0.15) is 11.4 Å². The summed E-state index contributed by atoms with van der Waals surface area (Å²) >= 11 is 0. The van der Waals surface area contributed by atoms with Gasteiger partial charge in [0, 0.05) is 0 Å². The first-order valence-electron chi connectivity index (χ1n) is 5.28. The first kappa shape index (κ1) is 11.1. The molecule has 0 aliphatic carbocycles. The molecule has 1 N–H and O–H groups in total. The van der Waals surface area contributed by atoms with E-state index in [1.54, 1.807) is 12.1 Å². The van der Waals surface area contributed by atoms with Crippen molar-refractivity contribution in [2.24, 2.45) is 0 Å². The maximum absolute atomic E-state index is 12.8. The molecule has 0 radical (unpaired) electrons. The molecule has 2 rings (SSSR count). The van der Waals surface area contributed by atoms with Gasteiger partial charge in [0.25, 0.3) is 0 Å². The summed E-state index contributed by atoms with van der Waals surface area (Å²) in [5.41, 5.74) is -0.0270. The van der Waals surface area contributed by atoms with Crippen molar-refractivity contribution in [1.82, 2.24) is 5.32 Å². The molecule has 1 saturated heterocycles. The van der Waals surface area contributed by atoms with E-state index in [-0.39, 0.29) is 11.8 Å². The summed E-state index contributed by atoms with van der Waals surface area (Å²) in [6.45, 7) is 0.770. The van der Waals surface area contributed by atoms with Gasteiger partial charge in [-0.3, -0.25) is 5.32 Å². The number of methoxy groups -OCH3 is 1. The minimum atomic E-state index is -0.789. The van der Waals surface area contributed by atoms with Crippen LogP contribution in [0.3, 0.4) is 0 Å². The molecule has 1 unspecified atom stereocenters. The van der Waals surface area contributed by atoms with Crippen LogP contribution in [0.1, 0.15) is 18.4 Å². The molecule has 0 amide bonds. The number of rotatable bonds is 2. The maximum atomic E-state index is 12.8. The van der Waals surface area contributed by atoms with E-state index in [0.29, 0.717) is 6.42 Å². The predicted molar refractivity (Wildman–Crippen MR) is 57.3 cm³/mol. The van der Waals surface area contributed by atoms with E-state index in [9.17, 15) is 9.18 Å². The van der Waals surface area contributed by atoms with Crippen LogP contribution in [0.4, 0.5) is 4.39 Å². The molecule has 0 aromatic heterocycles. The highest BCUT2D eigenvalue weighted by Crippen LogP contribution is 2.32. The molecule has 1 fully saturated rings. The molecular weight excluding hydrogens is 209 g/mol. The quantitative estimate of drug-likeness (QED) is 0.773. The van der Waals surface area contributed by atoms with Gasteiger partial charge >= 0.3 is 5.97 Å². The molecule has 1 atom stereocenters. The van der Waals surface area contributed by atoms with E-state index < -0.39 is 5.54 Å². The SMILES string of the molecule is COC(=O)C1(c2ccc(F)cc2)CCCN1. The van der Waals surface area contributed by atoms with Crippen LogP contribution in [-0.2, 0) is 15.1 Å². The van der Waals surface area contributed by atoms with Crippen molar-refractivity contribution >= 4 is 5.97 Å². The zero-order chi connectivity index (χ0) is 11.6. The van der Waals surface area contributed by atoms with Crippen LogP contribution in [0.15, 0.2) is 24.3 Å². The Hall–Kier alpha value is -1.42. The Morgan fingerprint density at radius 3 is 2.62 bits per heavy atom. The zero-order valence-electron chi connectivity index (χ0n) is 9.13. The van der Waals surface area contributed by atoms with Gasteiger partial charge in [0.2, 0.25) is 0 Å². The summed E-state index contributed by atoms with van der Waals surface area (Å²) in [4.78, 5) is 11.8. The van der Waals surface area contributed by atoms with Crippen molar-refractivity contribution in [2.75, 3.05) is 13.7 Å². The van der Waals surface area contributed by atoms with Crippen LogP contribution in [0, 0.1) is 5.82 Å². The average molecular weight is 223 g/mol. The summed E-state index contributed by atoms with van der Waals surface area (Å²) in [6, 6.07) is 5.98. The fourth-order valence-electron chi connectivity index (χ4n) is 2.19. The number of halogens is 1. The van der Waals surface area contributed by atoms with Gasteiger partial charge in [-0.15, -0.1) is 0 Å². The molecule has 86 valence electrons. The smallest absolute Gasteiger partial charge is 0.330 e. The van der Waals surface area contributed by atoms with Gasteiger partial charge in [-0.25, -0.2) is 9.18 Å². The molecule has 1 heterocycles. The van der Waals surface area contributed by atoms with E-state index in [0.717, 1.165) is 18.5 Å². The number of nitrogens with one attached hydrogen (secondary N) is 1. The van der Waals surface area contributed by atoms with Crippen molar-refractivity contribution in [3.05, 3.63) is 35.6 Å². The molecule has 1 aliphatic heterocycles. The predicted octanol–water partition coefficient (Wildman–Crippen LogP) is 1.58. The molecule has 1 aromatic carbocycles. The summed E-state index contributed by atoms with van der Waals surface area (Å²) < 4.78 is 17.7. The molecular formula is C12H14FNO2. The Kier molecular flexibility index (Phi) is 2.92. The van der Waals surface area contributed by atoms with Crippen LogP contribution in [0.25, 0.3) is 0 Å². The number of carbonyl (C=O) groups is 1. The summed E-state index contributed by atoms with van der Waals surface area (Å²) in [6.07, 6.45) is 1.60. The lowest BCUT2D eigenvalue weighted by atomic mass is 9.88. The Bertz CT molecular complexity index is 383. The molecule has 0 spiro atoms. The van der Waals surface area contributed by atoms with E-state index >= 15 is 0 Å². The second-order valence-corrected chi connectivity index (χ2v) is 3.93. The second-order valence-electron chi connectivity index (χ2n) is 3.93. The highest BCUT2D eigenvalue weighted by atomic mass is 19.1. The molecule has 4 heteroatoms. The van der Waals surface area contributed by atoms with Crippen molar-refractivity contribution in [1.29, 1.82) is 0 Å². The normalized spacial score (nSPS) is 24.4. The summed E-state index contributed by atoms with van der Waals surface area (Å²) in [7, 11) is 1.37. The summed E-state index contributed by atoms with van der Waals surface area (Å²) in [5, 5.41) is 3.16. The Labute approximate surface area is 93.6 Å². The Morgan fingerprint density at radius 2 is 2.12 bits per heavy atom. The lowest BCUT2D eigenvalue weighted by molar-refractivity contribution is -0.148. The average Bonchev–Trinajstić information content (AvgIpc) is 2.79. The Balaban J connectivity index is 2.39. The van der Waals surface area contributed by atoms with Crippen molar-refractivity contribution in [3.8, 4) is 0 Å². The molecule has 16 heavy (non-hydrogen) atoms. The number of esters is 1. The summed E-state index contributed by atoms with van der Waals surface area (Å²) in [5.74, 6) is -0.613. The van der Waals surface area contributed by atoms with Crippen LogP contribution in [0.2, 0.25) is 0 Å². The third-order valence-electron chi connectivity index (χ3n) is 3.03. The minimum absolute atomic E-state index is 0.304. The third-order valence-corrected chi connectivity index (χ3v) is 3.03. The topological polar surface area (TPSA) is 38.3 Å². The third kappa shape index (κ3) is 1.69. The molecule has 1 aromatic rings. The lowest BCUT2D eigenvalue weighted by Crippen LogP contribution is -2.45. The van der Waals surface area contributed by atoms with Crippen molar-refractivity contribution in [3.63, 3.8) is 0 Å². The van der Waals surface area contributed by atoms with Crippen molar-refractivity contribution < 1.29 is 13.9 Å². The first-order chi connectivity index (χ1) is 7.69. The number of carbonyl (C=O) groups excluding carboxylic acids is 1. The van der Waals surface area contributed by atoms with Gasteiger partial charge in [-0.2, -0.15) is 0 Å². The lowest BCUT2D eigenvalue weighted by Gasteiger charge is -2.26. The van der Waals surface area contributed by atoms with Crippen LogP contribution in [0.5, 0.6) is 0 Å². The first-order valence-corrected chi connectivity index (χ1v) is 5.28. The number of benzene rings is 1. The van der Waals surface area contributed by atoms with Crippen LogP contribution < -0.4 is 5.32 Å². The van der Waals surface area contributed by atoms with Crippen LogP contribution in [-0.4, -0.2) is 19.6 Å². The van der Waals surface area contributed by atoms with Gasteiger partial charge in [-0.05, 0) is 37.1 Å². The van der Waals surface area contributed by atoms with E-state index in [1.807, 2.05) is 0 Å². The van der Waals surface area contributed by atoms with Crippen LogP contribution >= 0.6 is 0 Å². The zero-order valence-corrected chi connectivity index (χ0v) is 9.13. The molecule has 0 bridgehead atoms. The largest absolute Gasteiger partial charge is 0.467 e. The highest BCUT2D eigenvalue weighted by molar-refractivity contribution is 5.83. The standard InChI is InChI=1S/C12H14FNO2/c1-16-11(15)12(7-2-8-14-12)9-3-5-10(13)6-4-9/h3-6,14H,2,7-8H2,1H3.